The smallest absolute Gasteiger partial charge is 0.323 e. The van der Waals surface area contributed by atoms with Crippen LogP contribution < -0.4 is 5.56 Å². The highest BCUT2D eigenvalue weighted by atomic mass is 19.1. The molecule has 10 heteroatoms. The molecule has 3 aromatic heterocycles. The van der Waals surface area contributed by atoms with Crippen LogP contribution >= 0.6 is 0 Å². The molecule has 4 rings (SSSR count). The summed E-state index contributed by atoms with van der Waals surface area (Å²) in [6.45, 7) is 1.23. The van der Waals surface area contributed by atoms with Crippen molar-refractivity contribution in [1.29, 1.82) is 0 Å². The summed E-state index contributed by atoms with van der Waals surface area (Å²) in [5, 5.41) is 21.2. The first-order chi connectivity index (χ1) is 12.5. The first-order valence-corrected chi connectivity index (χ1v) is 7.54. The molecule has 0 fully saturated rings. The lowest BCUT2D eigenvalue weighted by Gasteiger charge is -2.04. The summed E-state index contributed by atoms with van der Waals surface area (Å²) in [6.07, 6.45) is 1.13. The fourth-order valence-electron chi connectivity index (χ4n) is 2.78. The van der Waals surface area contributed by atoms with E-state index >= 15 is 0 Å². The highest BCUT2D eigenvalue weighted by Gasteiger charge is 2.18. The summed E-state index contributed by atoms with van der Waals surface area (Å²) in [6, 6.07) is 5.86. The van der Waals surface area contributed by atoms with Crippen LogP contribution in [-0.4, -0.2) is 40.4 Å². The Balaban J connectivity index is 1.99. The van der Waals surface area contributed by atoms with Gasteiger partial charge in [0.15, 0.2) is 16.8 Å². The van der Waals surface area contributed by atoms with Crippen molar-refractivity contribution in [1.82, 2.24) is 29.4 Å². The highest BCUT2D eigenvalue weighted by molar-refractivity contribution is 5.83. The molecule has 9 nitrogen and oxygen atoms in total. The minimum Gasteiger partial charge on any atom is -0.480 e. The standard InChI is InChI=1S/C16H11FN6O3/c1-8-12(9-2-4-10(17)5-3-9)14-20-19-13-15(23(14)21-8)18-7-22(16(13)26)6-11(24)25/h2-5,7H,6H2,1H3,(H,24,25). The lowest BCUT2D eigenvalue weighted by molar-refractivity contribution is -0.137. The van der Waals surface area contributed by atoms with E-state index in [4.69, 9.17) is 5.11 Å². The maximum absolute atomic E-state index is 13.2. The molecule has 0 amide bonds. The van der Waals surface area contributed by atoms with Gasteiger partial charge in [-0.05, 0) is 24.6 Å². The van der Waals surface area contributed by atoms with Gasteiger partial charge in [-0.1, -0.05) is 12.1 Å². The summed E-state index contributed by atoms with van der Waals surface area (Å²) in [5.41, 5.74) is 1.78. The number of hydrogen-bond acceptors (Lipinski definition) is 6. The van der Waals surface area contributed by atoms with Gasteiger partial charge in [-0.25, -0.2) is 9.37 Å². The van der Waals surface area contributed by atoms with Crippen LogP contribution in [0.15, 0.2) is 35.4 Å². The SMILES string of the molecule is Cc1nn2c(nnc3c(=O)n(CC(=O)O)cnc32)c1-c1ccc(F)cc1. The molecule has 0 unspecified atom stereocenters. The Bertz CT molecular complexity index is 1230. The molecule has 0 saturated heterocycles. The van der Waals surface area contributed by atoms with Crippen LogP contribution in [0.2, 0.25) is 0 Å². The average Bonchev–Trinajstić information content (AvgIpc) is 2.94. The van der Waals surface area contributed by atoms with Crippen molar-refractivity contribution < 1.29 is 14.3 Å². The van der Waals surface area contributed by atoms with Gasteiger partial charge in [-0.3, -0.25) is 14.2 Å². The number of aliphatic carboxylic acids is 1. The number of carboxylic acid groups (broad SMARTS) is 1. The number of hydrogen-bond donors (Lipinski definition) is 1. The van der Waals surface area contributed by atoms with Gasteiger partial charge in [0.05, 0.1) is 11.3 Å². The maximum Gasteiger partial charge on any atom is 0.323 e. The van der Waals surface area contributed by atoms with Gasteiger partial charge in [0.25, 0.3) is 5.56 Å². The fraction of sp³-hybridized carbons (Fsp3) is 0.125. The number of rotatable bonds is 3. The van der Waals surface area contributed by atoms with E-state index in [1.165, 1.54) is 16.6 Å². The largest absolute Gasteiger partial charge is 0.480 e. The van der Waals surface area contributed by atoms with Crippen LogP contribution in [0.5, 0.6) is 0 Å². The van der Waals surface area contributed by atoms with Crippen LogP contribution in [0.3, 0.4) is 0 Å². The van der Waals surface area contributed by atoms with Gasteiger partial charge in [0.2, 0.25) is 0 Å². The van der Waals surface area contributed by atoms with E-state index in [-0.39, 0.29) is 17.0 Å². The second kappa shape index (κ2) is 5.69. The first-order valence-electron chi connectivity index (χ1n) is 7.54. The van der Waals surface area contributed by atoms with Crippen molar-refractivity contribution in [3.8, 4) is 11.1 Å². The molecule has 4 aromatic rings. The second-order valence-corrected chi connectivity index (χ2v) is 5.65. The van der Waals surface area contributed by atoms with E-state index in [1.54, 1.807) is 19.1 Å². The van der Waals surface area contributed by atoms with Gasteiger partial charge in [0.1, 0.15) is 18.7 Å². The zero-order valence-electron chi connectivity index (χ0n) is 13.4. The Morgan fingerprint density at radius 1 is 1.19 bits per heavy atom. The van der Waals surface area contributed by atoms with Gasteiger partial charge in [-0.2, -0.15) is 9.61 Å². The van der Waals surface area contributed by atoms with Crippen molar-refractivity contribution >= 4 is 22.8 Å². The average molecular weight is 354 g/mol. The summed E-state index contributed by atoms with van der Waals surface area (Å²) in [5.74, 6) is -1.53. The molecule has 0 aliphatic heterocycles. The minimum atomic E-state index is -1.17. The Labute approximate surface area is 144 Å². The van der Waals surface area contributed by atoms with Gasteiger partial charge < -0.3 is 5.11 Å². The Hall–Kier alpha value is -3.69. The molecular weight excluding hydrogens is 343 g/mol. The highest BCUT2D eigenvalue weighted by Crippen LogP contribution is 2.27. The molecule has 1 N–H and O–H groups in total. The van der Waals surface area contributed by atoms with Crippen molar-refractivity contribution in [3.05, 3.63) is 52.5 Å². The fourth-order valence-corrected chi connectivity index (χ4v) is 2.78. The van der Waals surface area contributed by atoms with Crippen LogP contribution in [0.4, 0.5) is 4.39 Å². The number of nitrogens with zero attached hydrogens (tertiary/aromatic N) is 6. The van der Waals surface area contributed by atoms with Gasteiger partial charge in [-0.15, -0.1) is 10.2 Å². The molecule has 0 aliphatic rings. The van der Waals surface area contributed by atoms with Crippen LogP contribution in [0, 0.1) is 12.7 Å². The van der Waals surface area contributed by atoms with E-state index in [0.29, 0.717) is 22.5 Å². The molecule has 0 aliphatic carbocycles. The van der Waals surface area contributed by atoms with E-state index in [1.807, 2.05) is 0 Å². The lowest BCUT2D eigenvalue weighted by atomic mass is 10.1. The predicted molar refractivity (Wildman–Crippen MR) is 88.1 cm³/mol. The molecule has 0 spiro atoms. The topological polar surface area (TPSA) is 115 Å². The van der Waals surface area contributed by atoms with Gasteiger partial charge in [0, 0.05) is 0 Å². The molecule has 130 valence electrons. The number of carbonyl (C=O) groups is 1. The molecule has 0 radical (unpaired) electrons. The predicted octanol–water partition coefficient (Wildman–Crippen LogP) is 1.03. The van der Waals surface area contributed by atoms with Gasteiger partial charge >= 0.3 is 5.97 Å². The molecule has 0 atom stereocenters. The van der Waals surface area contributed by atoms with Crippen LogP contribution in [0.25, 0.3) is 27.9 Å². The van der Waals surface area contributed by atoms with Crippen LogP contribution in [0.1, 0.15) is 5.69 Å². The third-order valence-corrected chi connectivity index (χ3v) is 3.91. The molecule has 1 aromatic carbocycles. The van der Waals surface area contributed by atoms with E-state index in [2.05, 4.69) is 20.3 Å². The molecule has 3 heterocycles. The van der Waals surface area contributed by atoms with Crippen molar-refractivity contribution in [3.63, 3.8) is 0 Å². The zero-order chi connectivity index (χ0) is 18.4. The second-order valence-electron chi connectivity index (χ2n) is 5.65. The minimum absolute atomic E-state index is 0.0885. The third kappa shape index (κ3) is 2.39. The summed E-state index contributed by atoms with van der Waals surface area (Å²) < 4.78 is 15.5. The zero-order valence-corrected chi connectivity index (χ0v) is 13.4. The Kier molecular flexibility index (Phi) is 3.46. The Morgan fingerprint density at radius 3 is 2.62 bits per heavy atom. The van der Waals surface area contributed by atoms with E-state index in [0.717, 1.165) is 10.9 Å². The maximum atomic E-state index is 13.2. The monoisotopic (exact) mass is 354 g/mol. The van der Waals surface area contributed by atoms with E-state index in [9.17, 15) is 14.0 Å². The number of fused-ring (bicyclic) bond motifs is 3. The summed E-state index contributed by atoms with van der Waals surface area (Å²) in [4.78, 5) is 27.3. The molecule has 0 saturated carbocycles. The quantitative estimate of drug-likeness (QED) is 0.584. The molecule has 26 heavy (non-hydrogen) atoms. The van der Waals surface area contributed by atoms with E-state index < -0.39 is 18.1 Å². The summed E-state index contributed by atoms with van der Waals surface area (Å²) >= 11 is 0. The van der Waals surface area contributed by atoms with Crippen molar-refractivity contribution in [2.24, 2.45) is 0 Å². The Morgan fingerprint density at radius 2 is 1.92 bits per heavy atom. The summed E-state index contributed by atoms with van der Waals surface area (Å²) in [7, 11) is 0. The number of aryl methyl sites for hydroxylation is 1. The third-order valence-electron chi connectivity index (χ3n) is 3.91. The molecule has 0 bridgehead atoms. The normalized spacial score (nSPS) is 11.3. The van der Waals surface area contributed by atoms with Crippen LogP contribution in [-0.2, 0) is 11.3 Å². The van der Waals surface area contributed by atoms with Crippen molar-refractivity contribution in [2.75, 3.05) is 0 Å². The van der Waals surface area contributed by atoms with Crippen molar-refractivity contribution in [2.45, 2.75) is 13.5 Å². The number of benzene rings is 1. The number of aromatic nitrogens is 6. The number of carboxylic acids is 1. The number of halogens is 1. The first kappa shape index (κ1) is 15.8. The lowest BCUT2D eigenvalue weighted by Crippen LogP contribution is -2.26. The molecular formula is C16H11FN6O3.